The Hall–Kier alpha value is -1.36. The summed E-state index contributed by atoms with van der Waals surface area (Å²) < 4.78 is 5.61. The molecule has 1 aliphatic rings. The first-order valence-electron chi connectivity index (χ1n) is 7.14. The van der Waals surface area contributed by atoms with Crippen LogP contribution in [-0.4, -0.2) is 28.1 Å². The van der Waals surface area contributed by atoms with E-state index in [1.807, 2.05) is 0 Å². The van der Waals surface area contributed by atoms with Crippen molar-refractivity contribution in [2.24, 2.45) is 11.7 Å². The van der Waals surface area contributed by atoms with E-state index >= 15 is 0 Å². The first-order valence-corrected chi connectivity index (χ1v) is 7.14. The van der Waals surface area contributed by atoms with Crippen LogP contribution in [0.3, 0.4) is 0 Å². The third kappa shape index (κ3) is 3.80. The molecule has 0 radical (unpaired) electrons. The standard InChI is InChI=1S/C14H23N3O2/c1-2-10-5-3-4-6-13(10)19-14(18)12(15)7-11-8-16-9-17-11/h8-10,12-13H,2-7,15H2,1H3,(H,16,17). The third-order valence-electron chi connectivity index (χ3n) is 3.93. The topological polar surface area (TPSA) is 81.0 Å². The summed E-state index contributed by atoms with van der Waals surface area (Å²) >= 11 is 0. The minimum absolute atomic E-state index is 0.0547. The van der Waals surface area contributed by atoms with Gasteiger partial charge in [0, 0.05) is 18.3 Å². The molecule has 1 aromatic rings. The second-order valence-corrected chi connectivity index (χ2v) is 5.32. The second kappa shape index (κ2) is 6.70. The lowest BCUT2D eigenvalue weighted by atomic mass is 9.85. The summed E-state index contributed by atoms with van der Waals surface area (Å²) in [7, 11) is 0. The summed E-state index contributed by atoms with van der Waals surface area (Å²) in [5.74, 6) is 0.206. The molecular formula is C14H23N3O2. The van der Waals surface area contributed by atoms with Crippen LogP contribution in [0.5, 0.6) is 0 Å². The first kappa shape index (κ1) is 14.1. The second-order valence-electron chi connectivity index (χ2n) is 5.32. The number of esters is 1. The number of nitrogens with two attached hydrogens (primary N) is 1. The van der Waals surface area contributed by atoms with Crippen molar-refractivity contribution < 1.29 is 9.53 Å². The lowest BCUT2D eigenvalue weighted by Crippen LogP contribution is -2.39. The Labute approximate surface area is 113 Å². The SMILES string of the molecule is CCC1CCCCC1OC(=O)C(N)Cc1cnc[nH]1. The highest BCUT2D eigenvalue weighted by Gasteiger charge is 2.28. The molecule has 0 saturated heterocycles. The molecule has 1 aromatic heterocycles. The maximum absolute atomic E-state index is 12.0. The van der Waals surface area contributed by atoms with Gasteiger partial charge < -0.3 is 15.5 Å². The molecule has 5 heteroatoms. The van der Waals surface area contributed by atoms with Gasteiger partial charge in [0.1, 0.15) is 12.1 Å². The largest absolute Gasteiger partial charge is 0.461 e. The van der Waals surface area contributed by atoms with Crippen molar-refractivity contribution in [3.63, 3.8) is 0 Å². The van der Waals surface area contributed by atoms with Crippen LogP contribution in [0.25, 0.3) is 0 Å². The molecule has 2 rings (SSSR count). The van der Waals surface area contributed by atoms with E-state index in [4.69, 9.17) is 10.5 Å². The Balaban J connectivity index is 1.85. The van der Waals surface area contributed by atoms with Crippen LogP contribution >= 0.6 is 0 Å². The molecule has 3 unspecified atom stereocenters. The van der Waals surface area contributed by atoms with Crippen molar-refractivity contribution in [3.05, 3.63) is 18.2 Å². The highest BCUT2D eigenvalue weighted by atomic mass is 16.5. The van der Waals surface area contributed by atoms with Gasteiger partial charge >= 0.3 is 5.97 Å². The summed E-state index contributed by atoms with van der Waals surface area (Å²) in [5.41, 5.74) is 6.75. The summed E-state index contributed by atoms with van der Waals surface area (Å²) in [6, 6.07) is -0.611. The fraction of sp³-hybridized carbons (Fsp3) is 0.714. The van der Waals surface area contributed by atoms with Crippen LogP contribution in [-0.2, 0) is 16.0 Å². The molecule has 0 spiro atoms. The first-order chi connectivity index (χ1) is 9.20. The minimum atomic E-state index is -0.611. The van der Waals surface area contributed by atoms with E-state index in [1.54, 1.807) is 12.5 Å². The molecule has 1 aliphatic carbocycles. The predicted molar refractivity (Wildman–Crippen MR) is 72.4 cm³/mol. The number of ether oxygens (including phenoxy) is 1. The number of hydrogen-bond acceptors (Lipinski definition) is 4. The maximum Gasteiger partial charge on any atom is 0.323 e. The van der Waals surface area contributed by atoms with E-state index < -0.39 is 6.04 Å². The smallest absolute Gasteiger partial charge is 0.323 e. The zero-order chi connectivity index (χ0) is 13.7. The number of carbonyl (C=O) groups is 1. The van der Waals surface area contributed by atoms with Crippen molar-refractivity contribution in [2.45, 2.75) is 57.6 Å². The molecule has 1 saturated carbocycles. The lowest BCUT2D eigenvalue weighted by molar-refractivity contribution is -0.155. The average Bonchev–Trinajstić information content (AvgIpc) is 2.92. The number of hydrogen-bond donors (Lipinski definition) is 2. The molecule has 0 aliphatic heterocycles. The molecule has 0 bridgehead atoms. The lowest BCUT2D eigenvalue weighted by Gasteiger charge is -2.31. The van der Waals surface area contributed by atoms with Gasteiger partial charge in [-0.2, -0.15) is 0 Å². The predicted octanol–water partition coefficient (Wildman–Crippen LogP) is 1.79. The Morgan fingerprint density at radius 3 is 3.05 bits per heavy atom. The Kier molecular flexibility index (Phi) is 4.96. The maximum atomic E-state index is 12.0. The van der Waals surface area contributed by atoms with Crippen molar-refractivity contribution in [1.29, 1.82) is 0 Å². The number of H-pyrrole nitrogens is 1. The van der Waals surface area contributed by atoms with Crippen molar-refractivity contribution in [2.75, 3.05) is 0 Å². The van der Waals surface area contributed by atoms with Crippen molar-refractivity contribution >= 4 is 5.97 Å². The fourth-order valence-corrected chi connectivity index (χ4v) is 2.75. The zero-order valence-electron chi connectivity index (χ0n) is 11.5. The molecule has 5 nitrogen and oxygen atoms in total. The molecule has 19 heavy (non-hydrogen) atoms. The Bertz CT molecular complexity index is 391. The van der Waals surface area contributed by atoms with E-state index in [9.17, 15) is 4.79 Å². The number of carbonyl (C=O) groups excluding carboxylic acids is 1. The highest BCUT2D eigenvalue weighted by molar-refractivity contribution is 5.76. The van der Waals surface area contributed by atoms with Gasteiger partial charge in [-0.05, 0) is 31.6 Å². The van der Waals surface area contributed by atoms with Gasteiger partial charge in [0.2, 0.25) is 0 Å². The van der Waals surface area contributed by atoms with E-state index in [1.165, 1.54) is 6.42 Å². The van der Waals surface area contributed by atoms with E-state index in [0.717, 1.165) is 31.4 Å². The summed E-state index contributed by atoms with van der Waals surface area (Å²) in [6.45, 7) is 2.15. The average molecular weight is 265 g/mol. The van der Waals surface area contributed by atoms with Crippen molar-refractivity contribution in [3.8, 4) is 0 Å². The molecule has 0 amide bonds. The molecule has 106 valence electrons. The molecule has 0 aromatic carbocycles. The number of nitrogens with one attached hydrogen (secondary N) is 1. The zero-order valence-corrected chi connectivity index (χ0v) is 11.5. The van der Waals surface area contributed by atoms with Gasteiger partial charge in [0.25, 0.3) is 0 Å². The van der Waals surface area contributed by atoms with Gasteiger partial charge in [-0.1, -0.05) is 13.3 Å². The molecular weight excluding hydrogens is 242 g/mol. The van der Waals surface area contributed by atoms with E-state index in [0.29, 0.717) is 12.3 Å². The van der Waals surface area contributed by atoms with Crippen LogP contribution in [0.1, 0.15) is 44.7 Å². The number of imidazole rings is 1. The summed E-state index contributed by atoms with van der Waals surface area (Å²) in [4.78, 5) is 18.9. The number of nitrogens with zero attached hydrogens (tertiary/aromatic N) is 1. The molecule has 1 fully saturated rings. The fourth-order valence-electron chi connectivity index (χ4n) is 2.75. The molecule has 1 heterocycles. The van der Waals surface area contributed by atoms with Gasteiger partial charge in [0.05, 0.1) is 6.33 Å². The minimum Gasteiger partial charge on any atom is -0.461 e. The van der Waals surface area contributed by atoms with Gasteiger partial charge in [-0.25, -0.2) is 4.98 Å². The number of rotatable bonds is 5. The monoisotopic (exact) mass is 265 g/mol. The van der Waals surface area contributed by atoms with Crippen LogP contribution < -0.4 is 5.73 Å². The summed E-state index contributed by atoms with van der Waals surface area (Å²) in [6.07, 6.45) is 9.35. The van der Waals surface area contributed by atoms with Crippen molar-refractivity contribution in [1.82, 2.24) is 9.97 Å². The third-order valence-corrected chi connectivity index (χ3v) is 3.93. The van der Waals surface area contributed by atoms with Crippen LogP contribution in [0, 0.1) is 5.92 Å². The highest BCUT2D eigenvalue weighted by Crippen LogP contribution is 2.29. The van der Waals surface area contributed by atoms with Crippen LogP contribution in [0.4, 0.5) is 0 Å². The number of aromatic amines is 1. The van der Waals surface area contributed by atoms with Crippen LogP contribution in [0.2, 0.25) is 0 Å². The van der Waals surface area contributed by atoms with Gasteiger partial charge in [-0.3, -0.25) is 4.79 Å². The van der Waals surface area contributed by atoms with E-state index in [2.05, 4.69) is 16.9 Å². The summed E-state index contributed by atoms with van der Waals surface area (Å²) in [5, 5.41) is 0. The van der Waals surface area contributed by atoms with Gasteiger partial charge in [0.15, 0.2) is 0 Å². The quantitative estimate of drug-likeness (QED) is 0.795. The van der Waals surface area contributed by atoms with Gasteiger partial charge in [-0.15, -0.1) is 0 Å². The Morgan fingerprint density at radius 1 is 1.58 bits per heavy atom. The number of aromatic nitrogens is 2. The van der Waals surface area contributed by atoms with E-state index in [-0.39, 0.29) is 12.1 Å². The molecule has 3 atom stereocenters. The normalized spacial score (nSPS) is 24.9. The Morgan fingerprint density at radius 2 is 2.37 bits per heavy atom. The molecule has 3 N–H and O–H groups in total. The van der Waals surface area contributed by atoms with Crippen LogP contribution in [0.15, 0.2) is 12.5 Å².